The predicted molar refractivity (Wildman–Crippen MR) is 110 cm³/mol. The van der Waals surface area contributed by atoms with E-state index in [0.717, 1.165) is 16.6 Å². The second kappa shape index (κ2) is 8.02. The zero-order chi connectivity index (χ0) is 19.5. The van der Waals surface area contributed by atoms with Crippen LogP contribution in [0.5, 0.6) is 0 Å². The van der Waals surface area contributed by atoms with Gasteiger partial charge in [-0.05, 0) is 31.0 Å². The molecule has 1 fully saturated rings. The van der Waals surface area contributed by atoms with E-state index < -0.39 is 0 Å². The number of aromatic amines is 1. The predicted octanol–water partition coefficient (Wildman–Crippen LogP) is 3.44. The van der Waals surface area contributed by atoms with Crippen LogP contribution < -0.4 is 4.90 Å². The van der Waals surface area contributed by atoms with E-state index in [2.05, 4.69) is 9.97 Å². The number of benzene rings is 1. The van der Waals surface area contributed by atoms with Crippen molar-refractivity contribution in [1.82, 2.24) is 14.9 Å². The molecule has 28 heavy (non-hydrogen) atoms. The molecule has 6 nitrogen and oxygen atoms in total. The quantitative estimate of drug-likeness (QED) is 0.687. The molecule has 0 radical (unpaired) electrons. The molecule has 1 aliphatic heterocycles. The Morgan fingerprint density at radius 2 is 1.93 bits per heavy atom. The fraction of sp³-hybridized carbons (Fsp3) is 0.286. The summed E-state index contributed by atoms with van der Waals surface area (Å²) < 4.78 is 0. The molecule has 7 heteroatoms. The molecule has 1 aromatic carbocycles. The van der Waals surface area contributed by atoms with E-state index in [-0.39, 0.29) is 23.7 Å². The van der Waals surface area contributed by atoms with Crippen LogP contribution in [-0.2, 0) is 4.79 Å². The van der Waals surface area contributed by atoms with Gasteiger partial charge in [0.25, 0.3) is 5.91 Å². The Labute approximate surface area is 168 Å². The van der Waals surface area contributed by atoms with Crippen LogP contribution in [0.3, 0.4) is 0 Å². The summed E-state index contributed by atoms with van der Waals surface area (Å²) in [5.41, 5.74) is 2.38. The Morgan fingerprint density at radius 1 is 1.18 bits per heavy atom. The molecular formula is C21H21ClN4O2. The minimum absolute atomic E-state index is 0.00682. The van der Waals surface area contributed by atoms with Gasteiger partial charge < -0.3 is 14.8 Å². The molecule has 0 unspecified atom stereocenters. The average Bonchev–Trinajstić information content (AvgIpc) is 3.19. The van der Waals surface area contributed by atoms with Gasteiger partial charge in [-0.2, -0.15) is 0 Å². The third-order valence-electron chi connectivity index (χ3n) is 5.25. The van der Waals surface area contributed by atoms with Gasteiger partial charge in [0.1, 0.15) is 5.88 Å². The van der Waals surface area contributed by atoms with Gasteiger partial charge >= 0.3 is 0 Å². The van der Waals surface area contributed by atoms with Gasteiger partial charge in [0.15, 0.2) is 0 Å². The molecule has 0 aliphatic carbocycles. The molecule has 0 saturated carbocycles. The number of para-hydroxylation sites is 1. The third-order valence-corrected chi connectivity index (χ3v) is 5.48. The van der Waals surface area contributed by atoms with Crippen LogP contribution >= 0.6 is 11.6 Å². The number of hydrogen-bond donors (Lipinski definition) is 1. The number of aromatic nitrogens is 2. The van der Waals surface area contributed by atoms with Crippen molar-refractivity contribution < 1.29 is 9.59 Å². The number of fused-ring (bicyclic) bond motifs is 1. The molecule has 2 amide bonds. The summed E-state index contributed by atoms with van der Waals surface area (Å²) in [7, 11) is 0. The molecule has 0 spiro atoms. The number of pyridine rings is 1. The second-order valence-electron chi connectivity index (χ2n) is 6.88. The summed E-state index contributed by atoms with van der Waals surface area (Å²) in [6, 6.07) is 11.5. The largest absolute Gasteiger partial charge is 0.360 e. The Balaban J connectivity index is 1.49. The lowest BCUT2D eigenvalue weighted by atomic mass is 10.0. The van der Waals surface area contributed by atoms with Crippen molar-refractivity contribution in [2.24, 2.45) is 0 Å². The van der Waals surface area contributed by atoms with Crippen molar-refractivity contribution in [3.05, 3.63) is 60.6 Å². The number of nitrogens with one attached hydrogen (secondary N) is 1. The highest BCUT2D eigenvalue weighted by molar-refractivity contribution is 6.29. The number of carbonyl (C=O) groups is 2. The Morgan fingerprint density at radius 3 is 2.64 bits per heavy atom. The highest BCUT2D eigenvalue weighted by Gasteiger charge is 2.31. The summed E-state index contributed by atoms with van der Waals surface area (Å²) in [6.45, 7) is 1.19. The fourth-order valence-electron chi connectivity index (χ4n) is 3.85. The highest BCUT2D eigenvalue weighted by atomic mass is 35.5. The number of halogens is 1. The molecule has 1 aliphatic rings. The van der Waals surface area contributed by atoms with Crippen LogP contribution in [0.1, 0.15) is 23.2 Å². The molecule has 3 aromatic rings. The Bertz CT molecular complexity index is 980. The number of rotatable bonds is 4. The second-order valence-corrected chi connectivity index (χ2v) is 7.15. The number of hydrogen-bond acceptors (Lipinski definition) is 3. The molecule has 1 saturated heterocycles. The van der Waals surface area contributed by atoms with Gasteiger partial charge in [0.05, 0.1) is 5.56 Å². The van der Waals surface area contributed by atoms with Crippen LogP contribution in [-0.4, -0.2) is 51.7 Å². The first kappa shape index (κ1) is 18.5. The van der Waals surface area contributed by atoms with Crippen molar-refractivity contribution in [1.29, 1.82) is 0 Å². The molecular weight excluding hydrogens is 376 g/mol. The Kier molecular flexibility index (Phi) is 5.30. The minimum atomic E-state index is -0.111. The topological polar surface area (TPSA) is 69.3 Å². The lowest BCUT2D eigenvalue weighted by molar-refractivity contribution is -0.116. The van der Waals surface area contributed by atoms with E-state index in [1.807, 2.05) is 41.3 Å². The number of nitrogens with zero attached hydrogens (tertiary/aromatic N) is 3. The normalized spacial score (nSPS) is 15.0. The summed E-state index contributed by atoms with van der Waals surface area (Å²) in [6.07, 6.45) is 6.58. The summed E-state index contributed by atoms with van der Waals surface area (Å²) in [5.74, 6) is -0.177. The van der Waals surface area contributed by atoms with Gasteiger partial charge in [-0.1, -0.05) is 18.2 Å². The van der Waals surface area contributed by atoms with Crippen LogP contribution in [0.25, 0.3) is 10.9 Å². The van der Waals surface area contributed by atoms with Crippen LogP contribution in [0, 0.1) is 0 Å². The first-order chi connectivity index (χ1) is 13.7. The van der Waals surface area contributed by atoms with Crippen LogP contribution in [0.15, 0.2) is 55.0 Å². The van der Waals surface area contributed by atoms with E-state index >= 15 is 0 Å². The average molecular weight is 397 g/mol. The van der Waals surface area contributed by atoms with E-state index in [4.69, 9.17) is 11.6 Å². The van der Waals surface area contributed by atoms with E-state index in [0.29, 0.717) is 31.5 Å². The minimum Gasteiger partial charge on any atom is -0.360 e. The standard InChI is InChI=1S/C21H21ClN4O2/c22-12-20(27)26(15-4-2-1-3-5-15)16-7-10-25(11-8-16)21(28)18-14-24-19-6-9-23-13-17(18)19/h1-6,9,13-14,16,24H,7-8,10-12H2. The number of anilines is 1. The van der Waals surface area contributed by atoms with E-state index in [1.54, 1.807) is 23.5 Å². The van der Waals surface area contributed by atoms with Crippen molar-refractivity contribution in [2.75, 3.05) is 23.9 Å². The Hall–Kier alpha value is -2.86. The number of H-pyrrole nitrogens is 1. The first-order valence-electron chi connectivity index (χ1n) is 9.32. The zero-order valence-corrected chi connectivity index (χ0v) is 16.1. The zero-order valence-electron chi connectivity index (χ0n) is 15.3. The summed E-state index contributed by atoms with van der Waals surface area (Å²) in [5, 5.41) is 0.831. The lowest BCUT2D eigenvalue weighted by Crippen LogP contribution is -2.49. The van der Waals surface area contributed by atoms with Gasteiger partial charge in [-0.25, -0.2) is 0 Å². The van der Waals surface area contributed by atoms with Crippen molar-refractivity contribution in [3.63, 3.8) is 0 Å². The SMILES string of the molecule is O=C(c1c[nH]c2ccncc12)N1CCC(N(C(=O)CCl)c2ccccc2)CC1. The maximum atomic E-state index is 13.0. The summed E-state index contributed by atoms with van der Waals surface area (Å²) >= 11 is 5.85. The van der Waals surface area contributed by atoms with Crippen molar-refractivity contribution in [2.45, 2.75) is 18.9 Å². The molecule has 4 rings (SSSR count). The number of alkyl halides is 1. The molecule has 144 valence electrons. The first-order valence-corrected chi connectivity index (χ1v) is 9.86. The van der Waals surface area contributed by atoms with Gasteiger partial charge in [-0.3, -0.25) is 14.6 Å². The van der Waals surface area contributed by atoms with Gasteiger partial charge in [0, 0.05) is 54.3 Å². The van der Waals surface area contributed by atoms with Crippen molar-refractivity contribution in [3.8, 4) is 0 Å². The number of piperidine rings is 1. The number of likely N-dealkylation sites (tertiary alicyclic amines) is 1. The van der Waals surface area contributed by atoms with Crippen molar-refractivity contribution >= 4 is 40.0 Å². The number of amides is 2. The monoisotopic (exact) mass is 396 g/mol. The number of carbonyl (C=O) groups excluding carboxylic acids is 2. The highest BCUT2D eigenvalue weighted by Crippen LogP contribution is 2.26. The van der Waals surface area contributed by atoms with E-state index in [9.17, 15) is 9.59 Å². The van der Waals surface area contributed by atoms with Crippen LogP contribution in [0.4, 0.5) is 5.69 Å². The van der Waals surface area contributed by atoms with E-state index in [1.165, 1.54) is 0 Å². The molecule has 0 atom stereocenters. The lowest BCUT2D eigenvalue weighted by Gasteiger charge is -2.38. The maximum Gasteiger partial charge on any atom is 0.256 e. The van der Waals surface area contributed by atoms with Crippen LogP contribution in [0.2, 0.25) is 0 Å². The molecule has 1 N–H and O–H groups in total. The molecule has 2 aromatic heterocycles. The van der Waals surface area contributed by atoms with Gasteiger partial charge in [0.2, 0.25) is 5.91 Å². The molecule has 3 heterocycles. The molecule has 0 bridgehead atoms. The van der Waals surface area contributed by atoms with Gasteiger partial charge in [-0.15, -0.1) is 11.6 Å². The summed E-state index contributed by atoms with van der Waals surface area (Å²) in [4.78, 5) is 36.3. The smallest absolute Gasteiger partial charge is 0.256 e. The maximum absolute atomic E-state index is 13.0. The third kappa shape index (κ3) is 3.47. The fourth-order valence-corrected chi connectivity index (χ4v) is 3.98.